The third-order valence-electron chi connectivity index (χ3n) is 5.40. The number of ether oxygens (including phenoxy) is 4. The third-order valence-corrected chi connectivity index (χ3v) is 7.62. The molecule has 4 aromatic heterocycles. The summed E-state index contributed by atoms with van der Waals surface area (Å²) in [5, 5.41) is 2.90. The summed E-state index contributed by atoms with van der Waals surface area (Å²) in [4.78, 5) is 22.0. The van der Waals surface area contributed by atoms with E-state index in [1.807, 2.05) is 11.4 Å². The van der Waals surface area contributed by atoms with Gasteiger partial charge in [0.25, 0.3) is 15.9 Å². The van der Waals surface area contributed by atoms with Gasteiger partial charge in [-0.3, -0.25) is 9.71 Å². The van der Waals surface area contributed by atoms with E-state index in [2.05, 4.69) is 45.6 Å². The second-order valence-electron chi connectivity index (χ2n) is 8.36. The number of rotatable bonds is 13. The highest BCUT2D eigenvalue weighted by Gasteiger charge is 2.24. The second-order valence-corrected chi connectivity index (χ2v) is 11.8. The number of sulfonamides is 1. The van der Waals surface area contributed by atoms with Crippen molar-refractivity contribution in [3.05, 3.63) is 93.5 Å². The van der Waals surface area contributed by atoms with Gasteiger partial charge in [-0.15, -0.1) is 11.3 Å². The van der Waals surface area contributed by atoms with Crippen LogP contribution in [0.3, 0.4) is 0 Å². The molecule has 0 spiro atoms. The van der Waals surface area contributed by atoms with Gasteiger partial charge in [0.2, 0.25) is 5.75 Å². The Morgan fingerprint density at radius 3 is 2.42 bits per heavy atom. The van der Waals surface area contributed by atoms with Crippen molar-refractivity contribution in [3.63, 3.8) is 0 Å². The van der Waals surface area contributed by atoms with Gasteiger partial charge in [0, 0.05) is 35.2 Å². The first-order valence-corrected chi connectivity index (χ1v) is 15.7. The topological polar surface area (TPSA) is 148 Å². The Hall–Kier alpha value is -4.60. The molecule has 0 unspecified atom stereocenters. The number of benzene rings is 1. The second kappa shape index (κ2) is 14.0. The molecule has 220 valence electrons. The molecule has 1 aromatic carbocycles. The molecule has 12 nitrogen and oxygen atoms in total. The third kappa shape index (κ3) is 8.24. The zero-order valence-corrected chi connectivity index (χ0v) is 25.7. The molecule has 5 aromatic rings. The fourth-order valence-electron chi connectivity index (χ4n) is 3.49. The number of aromatic nitrogens is 5. The predicted octanol–water partition coefficient (Wildman–Crippen LogP) is 5.82. The molecule has 15 heteroatoms. The zero-order valence-electron chi connectivity index (χ0n) is 22.5. The van der Waals surface area contributed by atoms with Gasteiger partial charge in [0.1, 0.15) is 13.2 Å². The maximum absolute atomic E-state index is 13.2. The SMILES string of the molecule is COc1ccccc1Oc1c(NS(=O)(=O)C=Cc2cccs2)nc(-c2ccncc2)nc1OCCOc1ncc(Br)cn1. The first-order chi connectivity index (χ1) is 20.9. The molecular weight excluding hydrogens is 660 g/mol. The smallest absolute Gasteiger partial charge is 0.316 e. The van der Waals surface area contributed by atoms with Crippen LogP contribution in [0.5, 0.6) is 29.1 Å². The molecular formula is C28H23BrN6O6S2. The van der Waals surface area contributed by atoms with Gasteiger partial charge in [-0.2, -0.15) is 4.98 Å². The first-order valence-electron chi connectivity index (χ1n) is 12.5. The minimum Gasteiger partial charge on any atom is -0.493 e. The van der Waals surface area contributed by atoms with Crippen LogP contribution < -0.4 is 23.7 Å². The van der Waals surface area contributed by atoms with E-state index < -0.39 is 10.0 Å². The van der Waals surface area contributed by atoms with Crippen molar-refractivity contribution in [2.75, 3.05) is 25.0 Å². The van der Waals surface area contributed by atoms with Crippen LogP contribution in [0, 0.1) is 0 Å². The summed E-state index contributed by atoms with van der Waals surface area (Å²) in [6.07, 6.45) is 7.73. The zero-order chi connectivity index (χ0) is 30.1. The highest BCUT2D eigenvalue weighted by Crippen LogP contribution is 2.41. The summed E-state index contributed by atoms with van der Waals surface area (Å²) >= 11 is 4.68. The first kappa shape index (κ1) is 29.9. The van der Waals surface area contributed by atoms with Crippen LogP contribution in [0.15, 0.2) is 88.6 Å². The number of nitrogens with zero attached hydrogens (tertiary/aromatic N) is 5. The van der Waals surface area contributed by atoms with Gasteiger partial charge in [0.05, 0.1) is 17.0 Å². The van der Waals surface area contributed by atoms with Crippen molar-refractivity contribution in [2.24, 2.45) is 0 Å². The number of para-hydroxylation sites is 2. The molecule has 0 aliphatic carbocycles. The minimum absolute atomic E-state index is 0.0149. The number of halogens is 1. The lowest BCUT2D eigenvalue weighted by Gasteiger charge is -2.18. The van der Waals surface area contributed by atoms with E-state index in [9.17, 15) is 8.42 Å². The number of hydrogen-bond acceptors (Lipinski definition) is 12. The number of thiophene rings is 1. The molecule has 0 amide bonds. The molecule has 0 aliphatic rings. The van der Waals surface area contributed by atoms with E-state index in [1.165, 1.54) is 24.5 Å². The van der Waals surface area contributed by atoms with Crippen LogP contribution in [-0.4, -0.2) is 53.7 Å². The van der Waals surface area contributed by atoms with Gasteiger partial charge in [-0.25, -0.2) is 23.4 Å². The van der Waals surface area contributed by atoms with E-state index in [0.717, 1.165) is 10.3 Å². The van der Waals surface area contributed by atoms with Crippen LogP contribution in [0.25, 0.3) is 17.5 Å². The Bertz CT molecular complexity index is 1790. The van der Waals surface area contributed by atoms with Crippen LogP contribution in [0.2, 0.25) is 0 Å². The molecule has 0 bridgehead atoms. The lowest BCUT2D eigenvalue weighted by atomic mass is 10.2. The fraction of sp³-hybridized carbons (Fsp3) is 0.107. The highest BCUT2D eigenvalue weighted by atomic mass is 79.9. The van der Waals surface area contributed by atoms with Gasteiger partial charge in [-0.1, -0.05) is 18.2 Å². The summed E-state index contributed by atoms with van der Waals surface area (Å²) in [5.74, 6) is 0.554. The molecule has 4 heterocycles. The Balaban J connectivity index is 1.52. The molecule has 0 fully saturated rings. The van der Waals surface area contributed by atoms with Crippen LogP contribution in [0.4, 0.5) is 5.82 Å². The molecule has 1 N–H and O–H groups in total. The van der Waals surface area contributed by atoms with E-state index >= 15 is 0 Å². The van der Waals surface area contributed by atoms with Crippen LogP contribution >= 0.6 is 27.3 Å². The molecule has 0 radical (unpaired) electrons. The predicted molar refractivity (Wildman–Crippen MR) is 165 cm³/mol. The number of anilines is 1. The van der Waals surface area contributed by atoms with Crippen molar-refractivity contribution < 1.29 is 27.4 Å². The Labute approximate surface area is 259 Å². The summed E-state index contributed by atoms with van der Waals surface area (Å²) in [6.45, 7) is 0.0356. The Morgan fingerprint density at radius 2 is 1.70 bits per heavy atom. The molecule has 0 atom stereocenters. The average Bonchev–Trinajstić information content (AvgIpc) is 3.55. The van der Waals surface area contributed by atoms with Gasteiger partial charge in [0.15, 0.2) is 23.1 Å². The number of pyridine rings is 1. The van der Waals surface area contributed by atoms with E-state index in [4.69, 9.17) is 18.9 Å². The quantitative estimate of drug-likeness (QED) is 0.150. The molecule has 0 saturated carbocycles. The van der Waals surface area contributed by atoms with Gasteiger partial charge < -0.3 is 18.9 Å². The maximum atomic E-state index is 13.2. The fourth-order valence-corrected chi connectivity index (χ4v) is 5.20. The van der Waals surface area contributed by atoms with E-state index in [0.29, 0.717) is 15.8 Å². The normalized spacial score (nSPS) is 11.3. The van der Waals surface area contributed by atoms with Crippen molar-refractivity contribution in [2.45, 2.75) is 0 Å². The Kier molecular flexibility index (Phi) is 9.76. The number of hydrogen-bond donors (Lipinski definition) is 1. The lowest BCUT2D eigenvalue weighted by molar-refractivity contribution is 0.197. The Morgan fingerprint density at radius 1 is 0.953 bits per heavy atom. The van der Waals surface area contributed by atoms with E-state index in [-0.39, 0.29) is 48.2 Å². The van der Waals surface area contributed by atoms with Crippen molar-refractivity contribution >= 4 is 49.2 Å². The monoisotopic (exact) mass is 682 g/mol. The summed E-state index contributed by atoms with van der Waals surface area (Å²) in [7, 11) is -2.57. The molecule has 0 aliphatic heterocycles. The average molecular weight is 684 g/mol. The van der Waals surface area contributed by atoms with Crippen molar-refractivity contribution in [3.8, 4) is 40.5 Å². The van der Waals surface area contributed by atoms with Crippen molar-refractivity contribution in [1.29, 1.82) is 0 Å². The standard InChI is InChI=1S/C28H23BrN6O6S2/c1-38-22-6-2-3-7-23(22)41-24-26(35-43(36,37)16-10-21-5-4-15-42-21)33-25(19-8-11-30-12-9-19)34-27(24)39-13-14-40-28-31-17-20(29)18-32-28/h2-12,15-18H,13-14H2,1H3,(H,33,34,35). The summed E-state index contributed by atoms with van der Waals surface area (Å²) < 4.78 is 52.8. The number of nitrogens with one attached hydrogen (secondary N) is 1. The van der Waals surface area contributed by atoms with Crippen LogP contribution in [0.1, 0.15) is 4.88 Å². The maximum Gasteiger partial charge on any atom is 0.316 e. The van der Waals surface area contributed by atoms with Gasteiger partial charge in [-0.05, 0) is 57.7 Å². The summed E-state index contributed by atoms with van der Waals surface area (Å²) in [5.41, 5.74) is 0.567. The largest absolute Gasteiger partial charge is 0.493 e. The lowest BCUT2D eigenvalue weighted by Crippen LogP contribution is -2.15. The van der Waals surface area contributed by atoms with Crippen molar-refractivity contribution in [1.82, 2.24) is 24.9 Å². The van der Waals surface area contributed by atoms with Gasteiger partial charge >= 0.3 is 6.01 Å². The van der Waals surface area contributed by atoms with E-state index in [1.54, 1.807) is 67.3 Å². The summed E-state index contributed by atoms with van der Waals surface area (Å²) in [6, 6.07) is 14.0. The minimum atomic E-state index is -4.06. The molecule has 5 rings (SSSR count). The molecule has 43 heavy (non-hydrogen) atoms. The molecule has 0 saturated heterocycles. The number of methoxy groups -OCH3 is 1. The highest BCUT2D eigenvalue weighted by molar-refractivity contribution is 9.10. The van der Waals surface area contributed by atoms with Crippen LogP contribution in [-0.2, 0) is 10.0 Å².